The molecule has 0 bridgehead atoms. The van der Waals surface area contributed by atoms with E-state index in [0.717, 1.165) is 29.3 Å². The van der Waals surface area contributed by atoms with Crippen molar-refractivity contribution in [3.05, 3.63) is 90.0 Å². The Morgan fingerprint density at radius 2 is 1.52 bits per heavy atom. The maximum absolute atomic E-state index is 13.7. The average molecular weight is 309 g/mol. The number of halogens is 2. The lowest BCUT2D eigenvalue weighted by atomic mass is 9.99. The van der Waals surface area contributed by atoms with E-state index in [4.69, 9.17) is 0 Å². The first-order chi connectivity index (χ1) is 11.1. The third-order valence-corrected chi connectivity index (χ3v) is 3.43. The highest BCUT2D eigenvalue weighted by Crippen LogP contribution is 2.25. The van der Waals surface area contributed by atoms with Crippen LogP contribution in [-0.4, -0.2) is 5.91 Å². The summed E-state index contributed by atoms with van der Waals surface area (Å²) in [7, 11) is 0. The van der Waals surface area contributed by atoms with Crippen LogP contribution in [0.15, 0.2) is 72.8 Å². The molecule has 3 rings (SSSR count). The number of hydrogen-bond acceptors (Lipinski definition) is 1. The molecule has 0 saturated heterocycles. The molecule has 4 heteroatoms. The van der Waals surface area contributed by atoms with E-state index in [2.05, 4.69) is 5.32 Å². The molecule has 114 valence electrons. The minimum atomic E-state index is -0.683. The van der Waals surface area contributed by atoms with Gasteiger partial charge in [-0.2, -0.15) is 0 Å². The number of anilines is 1. The van der Waals surface area contributed by atoms with Gasteiger partial charge in [0.25, 0.3) is 5.91 Å². The molecule has 0 aliphatic rings. The second kappa shape index (κ2) is 6.40. The molecule has 23 heavy (non-hydrogen) atoms. The van der Waals surface area contributed by atoms with Crippen molar-refractivity contribution < 1.29 is 13.6 Å². The molecule has 3 aromatic carbocycles. The minimum absolute atomic E-state index is 0.183. The molecule has 0 aromatic heterocycles. The molecule has 0 heterocycles. The Hall–Kier alpha value is -3.01. The van der Waals surface area contributed by atoms with Crippen LogP contribution in [0.5, 0.6) is 0 Å². The molecule has 0 aliphatic heterocycles. The standard InChI is InChI=1S/C19H13F2NO/c20-14-10-11-17(21)18(12-14)22-19(23)16-9-5-4-8-15(16)13-6-2-1-3-7-13/h1-12H,(H,22,23). The predicted molar refractivity (Wildman–Crippen MR) is 86.2 cm³/mol. The molecule has 0 spiro atoms. The second-order valence-corrected chi connectivity index (χ2v) is 4.99. The first kappa shape index (κ1) is 14.9. The smallest absolute Gasteiger partial charge is 0.256 e. The highest BCUT2D eigenvalue weighted by Gasteiger charge is 2.14. The van der Waals surface area contributed by atoms with E-state index in [9.17, 15) is 13.6 Å². The van der Waals surface area contributed by atoms with Crippen LogP contribution in [0.25, 0.3) is 11.1 Å². The normalized spacial score (nSPS) is 10.3. The summed E-state index contributed by atoms with van der Waals surface area (Å²) in [4.78, 5) is 12.5. The van der Waals surface area contributed by atoms with Crippen LogP contribution in [0.3, 0.4) is 0 Å². The SMILES string of the molecule is O=C(Nc1cc(F)ccc1F)c1ccccc1-c1ccccc1. The summed E-state index contributed by atoms with van der Waals surface area (Å²) in [6.07, 6.45) is 0. The van der Waals surface area contributed by atoms with Crippen molar-refractivity contribution in [3.8, 4) is 11.1 Å². The molecule has 0 atom stereocenters. The summed E-state index contributed by atoms with van der Waals surface area (Å²) in [5, 5.41) is 2.42. The Labute approximate surface area is 132 Å². The number of benzene rings is 3. The fraction of sp³-hybridized carbons (Fsp3) is 0. The van der Waals surface area contributed by atoms with E-state index < -0.39 is 17.5 Å². The molecule has 0 saturated carbocycles. The third-order valence-electron chi connectivity index (χ3n) is 3.43. The average Bonchev–Trinajstić information content (AvgIpc) is 2.59. The quantitative estimate of drug-likeness (QED) is 0.733. The van der Waals surface area contributed by atoms with E-state index in [1.165, 1.54) is 0 Å². The Bertz CT molecular complexity index is 847. The van der Waals surface area contributed by atoms with E-state index in [-0.39, 0.29) is 5.69 Å². The fourth-order valence-corrected chi connectivity index (χ4v) is 2.33. The lowest BCUT2D eigenvalue weighted by Crippen LogP contribution is -2.14. The van der Waals surface area contributed by atoms with Crippen LogP contribution < -0.4 is 5.32 Å². The van der Waals surface area contributed by atoms with E-state index in [1.807, 2.05) is 42.5 Å². The first-order valence-electron chi connectivity index (χ1n) is 7.06. The van der Waals surface area contributed by atoms with Gasteiger partial charge in [0.15, 0.2) is 0 Å². The van der Waals surface area contributed by atoms with Crippen LogP contribution in [-0.2, 0) is 0 Å². The number of hydrogen-bond donors (Lipinski definition) is 1. The first-order valence-corrected chi connectivity index (χ1v) is 7.06. The van der Waals surface area contributed by atoms with E-state index in [0.29, 0.717) is 5.56 Å². The van der Waals surface area contributed by atoms with Crippen molar-refractivity contribution in [1.82, 2.24) is 0 Å². The van der Waals surface area contributed by atoms with Gasteiger partial charge in [-0.05, 0) is 29.3 Å². The maximum atomic E-state index is 13.7. The van der Waals surface area contributed by atoms with Crippen molar-refractivity contribution in [2.24, 2.45) is 0 Å². The fourth-order valence-electron chi connectivity index (χ4n) is 2.33. The zero-order valence-corrected chi connectivity index (χ0v) is 12.1. The second-order valence-electron chi connectivity index (χ2n) is 4.99. The van der Waals surface area contributed by atoms with Gasteiger partial charge in [-0.25, -0.2) is 8.78 Å². The third kappa shape index (κ3) is 3.26. The van der Waals surface area contributed by atoms with Crippen LogP contribution in [0, 0.1) is 11.6 Å². The van der Waals surface area contributed by atoms with Gasteiger partial charge >= 0.3 is 0 Å². The van der Waals surface area contributed by atoms with Gasteiger partial charge in [0, 0.05) is 11.6 Å². The molecule has 1 amide bonds. The monoisotopic (exact) mass is 309 g/mol. The Balaban J connectivity index is 1.96. The topological polar surface area (TPSA) is 29.1 Å². The Kier molecular flexibility index (Phi) is 4.15. The van der Waals surface area contributed by atoms with Crippen molar-refractivity contribution in [2.75, 3.05) is 5.32 Å². The van der Waals surface area contributed by atoms with E-state index in [1.54, 1.807) is 12.1 Å². The van der Waals surface area contributed by atoms with Crippen LogP contribution in [0.1, 0.15) is 10.4 Å². The number of nitrogens with one attached hydrogen (secondary N) is 1. The summed E-state index contributed by atoms with van der Waals surface area (Å²) < 4.78 is 26.9. The molecule has 0 aliphatic carbocycles. The zero-order valence-electron chi connectivity index (χ0n) is 12.1. The van der Waals surface area contributed by atoms with Crippen molar-refractivity contribution >= 4 is 11.6 Å². The summed E-state index contributed by atoms with van der Waals surface area (Å²) >= 11 is 0. The van der Waals surface area contributed by atoms with Crippen LogP contribution >= 0.6 is 0 Å². The molecule has 2 nitrogen and oxygen atoms in total. The summed E-state index contributed by atoms with van der Waals surface area (Å²) in [5.74, 6) is -1.79. The number of carbonyl (C=O) groups excluding carboxylic acids is 1. The molecule has 0 radical (unpaired) electrons. The number of carbonyl (C=O) groups is 1. The van der Waals surface area contributed by atoms with Gasteiger partial charge in [-0.3, -0.25) is 4.79 Å². The van der Waals surface area contributed by atoms with E-state index >= 15 is 0 Å². The molecule has 0 fully saturated rings. The van der Waals surface area contributed by atoms with Crippen molar-refractivity contribution in [1.29, 1.82) is 0 Å². The highest BCUT2D eigenvalue weighted by atomic mass is 19.1. The maximum Gasteiger partial charge on any atom is 0.256 e. The Morgan fingerprint density at radius 1 is 0.826 bits per heavy atom. The Morgan fingerprint density at radius 3 is 2.30 bits per heavy atom. The van der Waals surface area contributed by atoms with Gasteiger partial charge in [-0.1, -0.05) is 48.5 Å². The molecular weight excluding hydrogens is 296 g/mol. The van der Waals surface area contributed by atoms with Gasteiger partial charge in [0.05, 0.1) is 5.69 Å². The lowest BCUT2D eigenvalue weighted by Gasteiger charge is -2.11. The minimum Gasteiger partial charge on any atom is -0.319 e. The summed E-state index contributed by atoms with van der Waals surface area (Å²) in [6, 6.07) is 19.3. The zero-order chi connectivity index (χ0) is 16.2. The largest absolute Gasteiger partial charge is 0.319 e. The van der Waals surface area contributed by atoms with Gasteiger partial charge in [-0.15, -0.1) is 0 Å². The van der Waals surface area contributed by atoms with Gasteiger partial charge < -0.3 is 5.32 Å². The van der Waals surface area contributed by atoms with Crippen LogP contribution in [0.2, 0.25) is 0 Å². The lowest BCUT2D eigenvalue weighted by molar-refractivity contribution is 0.102. The molecular formula is C19H13F2NO. The molecule has 3 aromatic rings. The number of rotatable bonds is 3. The van der Waals surface area contributed by atoms with Crippen molar-refractivity contribution in [2.45, 2.75) is 0 Å². The van der Waals surface area contributed by atoms with Gasteiger partial charge in [0.1, 0.15) is 11.6 Å². The summed E-state index contributed by atoms with van der Waals surface area (Å²) in [5.41, 5.74) is 1.81. The van der Waals surface area contributed by atoms with Crippen LogP contribution in [0.4, 0.5) is 14.5 Å². The highest BCUT2D eigenvalue weighted by molar-refractivity contribution is 6.08. The molecule has 0 unspecified atom stereocenters. The number of amides is 1. The molecule has 1 N–H and O–H groups in total. The summed E-state index contributed by atoms with van der Waals surface area (Å²) in [6.45, 7) is 0. The van der Waals surface area contributed by atoms with Crippen molar-refractivity contribution in [3.63, 3.8) is 0 Å². The van der Waals surface area contributed by atoms with Gasteiger partial charge in [0.2, 0.25) is 0 Å². The predicted octanol–water partition coefficient (Wildman–Crippen LogP) is 4.88.